The molecule has 0 spiro atoms. The second-order valence-corrected chi connectivity index (χ2v) is 8.49. The molecule has 0 saturated carbocycles. The number of hydrogen-bond acceptors (Lipinski definition) is 5. The molecule has 2 amide bonds. The number of rotatable bonds is 4. The topological polar surface area (TPSA) is 142 Å². The van der Waals surface area contributed by atoms with E-state index < -0.39 is 35.0 Å². The molecule has 1 aromatic heterocycles. The van der Waals surface area contributed by atoms with Gasteiger partial charge in [-0.05, 0) is 58.0 Å². The van der Waals surface area contributed by atoms with Crippen LogP contribution < -0.4 is 11.3 Å². The zero-order valence-electron chi connectivity index (χ0n) is 18.5. The largest absolute Gasteiger partial charge is 0.465 e. The molecule has 0 aliphatic carbocycles. The van der Waals surface area contributed by atoms with Crippen LogP contribution in [0.1, 0.15) is 55.5 Å². The maximum absolute atomic E-state index is 14.1. The highest BCUT2D eigenvalue weighted by molar-refractivity contribution is 5.93. The molecule has 3 rings (SSSR count). The van der Waals surface area contributed by atoms with Crippen molar-refractivity contribution in [2.75, 3.05) is 0 Å². The Morgan fingerprint density at radius 1 is 1.27 bits per heavy atom. The summed E-state index contributed by atoms with van der Waals surface area (Å²) in [5.41, 5.74) is 3.87. The molecule has 0 fully saturated rings. The van der Waals surface area contributed by atoms with E-state index >= 15 is 0 Å². The van der Waals surface area contributed by atoms with Crippen molar-refractivity contribution >= 4 is 22.9 Å². The number of carbonyl (C=O) groups is 2. The zero-order valence-corrected chi connectivity index (χ0v) is 18.5. The van der Waals surface area contributed by atoms with Gasteiger partial charge in [0.1, 0.15) is 17.7 Å². The number of hydrogen-bond donors (Lipinski definition) is 2. The molecule has 1 atom stereocenters. The molecule has 10 heteroatoms. The second-order valence-electron chi connectivity index (χ2n) is 8.49. The lowest BCUT2D eigenvalue weighted by Gasteiger charge is -2.38. The fourth-order valence-electron chi connectivity index (χ4n) is 3.83. The number of amides is 2. The van der Waals surface area contributed by atoms with Gasteiger partial charge in [-0.25, -0.2) is 14.2 Å². The van der Waals surface area contributed by atoms with Crippen LogP contribution in [0.15, 0.2) is 41.2 Å². The molecule has 1 heterocycles. The van der Waals surface area contributed by atoms with E-state index in [1.807, 2.05) is 6.07 Å². The quantitative estimate of drug-likeness (QED) is 0.623. The van der Waals surface area contributed by atoms with Gasteiger partial charge >= 0.3 is 6.09 Å². The Morgan fingerprint density at radius 2 is 1.94 bits per heavy atom. The first-order valence-corrected chi connectivity index (χ1v) is 9.95. The van der Waals surface area contributed by atoms with Crippen LogP contribution in [0.25, 0.3) is 16.6 Å². The summed E-state index contributed by atoms with van der Waals surface area (Å²) in [5, 5.41) is 19.2. The van der Waals surface area contributed by atoms with E-state index in [1.165, 1.54) is 24.3 Å². The van der Waals surface area contributed by atoms with E-state index in [-0.39, 0.29) is 33.5 Å². The number of halogens is 1. The summed E-state index contributed by atoms with van der Waals surface area (Å²) >= 11 is 0. The molecule has 1 unspecified atom stereocenters. The van der Waals surface area contributed by atoms with Gasteiger partial charge in [-0.2, -0.15) is 5.26 Å². The van der Waals surface area contributed by atoms with Crippen LogP contribution in [0.5, 0.6) is 0 Å². The van der Waals surface area contributed by atoms with Crippen molar-refractivity contribution in [3.63, 3.8) is 0 Å². The number of nitriles is 1. The van der Waals surface area contributed by atoms with Gasteiger partial charge in [0, 0.05) is 11.1 Å². The second kappa shape index (κ2) is 8.35. The van der Waals surface area contributed by atoms with Crippen molar-refractivity contribution in [2.45, 2.75) is 39.3 Å². The van der Waals surface area contributed by atoms with Gasteiger partial charge < -0.3 is 10.8 Å². The first kappa shape index (κ1) is 23.4. The predicted octanol–water partition coefficient (Wildman–Crippen LogP) is 3.33. The molecule has 0 aliphatic rings. The highest BCUT2D eigenvalue weighted by Crippen LogP contribution is 2.29. The summed E-state index contributed by atoms with van der Waals surface area (Å²) in [6.45, 7) is 6.61. The monoisotopic (exact) mass is 451 g/mol. The van der Waals surface area contributed by atoms with E-state index in [0.717, 1.165) is 21.6 Å². The lowest BCUT2D eigenvalue weighted by atomic mass is 10.0. The molecule has 0 bridgehead atoms. The number of primary amides is 1. The predicted molar refractivity (Wildman–Crippen MR) is 119 cm³/mol. The van der Waals surface area contributed by atoms with Crippen molar-refractivity contribution in [3.8, 4) is 11.8 Å². The van der Waals surface area contributed by atoms with Crippen LogP contribution in [0.3, 0.4) is 0 Å². The van der Waals surface area contributed by atoms with Gasteiger partial charge in [-0.15, -0.1) is 0 Å². The number of fused-ring (bicyclic) bond motifs is 1. The summed E-state index contributed by atoms with van der Waals surface area (Å²) in [7, 11) is 0. The van der Waals surface area contributed by atoms with Crippen LogP contribution in [-0.2, 0) is 0 Å². The normalized spacial score (nSPS) is 12.2. The summed E-state index contributed by atoms with van der Waals surface area (Å²) in [6.07, 6.45) is -1.25. The minimum atomic E-state index is -1.25. The molecule has 33 heavy (non-hydrogen) atoms. The Balaban J connectivity index is 2.48. The molecular weight excluding hydrogens is 429 g/mol. The van der Waals surface area contributed by atoms with Crippen molar-refractivity contribution in [3.05, 3.63) is 69.5 Å². The van der Waals surface area contributed by atoms with E-state index in [0.29, 0.717) is 0 Å². The molecule has 3 N–H and O–H groups in total. The number of carbonyl (C=O) groups excluding carboxylic acids is 1. The fourth-order valence-corrected chi connectivity index (χ4v) is 3.83. The Labute approximate surface area is 188 Å². The summed E-state index contributed by atoms with van der Waals surface area (Å²) in [5.74, 6) is -1.53. The smallest absolute Gasteiger partial charge is 0.408 e. The summed E-state index contributed by atoms with van der Waals surface area (Å²) in [6, 6.07) is 8.63. The molecule has 0 radical (unpaired) electrons. The maximum atomic E-state index is 14.1. The first-order chi connectivity index (χ1) is 15.4. The minimum absolute atomic E-state index is 0.00504. The standard InChI is InChI=1S/C23H22FN5O4/c1-12(29(22(32)33)23(2,3)4)20-27-18-14(11-25)8-15(24)10-17(18)21(31)28(20)16-7-5-6-13(9-16)19(26)30/h5-10,12H,1-4H3,(H2,26,30)(H,32,33). The molecule has 0 saturated heterocycles. The van der Waals surface area contributed by atoms with Crippen molar-refractivity contribution in [1.29, 1.82) is 5.26 Å². The average Bonchev–Trinajstić information content (AvgIpc) is 2.72. The zero-order chi connectivity index (χ0) is 24.7. The Kier molecular flexibility index (Phi) is 5.92. The van der Waals surface area contributed by atoms with Crippen molar-refractivity contribution in [2.24, 2.45) is 5.73 Å². The van der Waals surface area contributed by atoms with Crippen molar-refractivity contribution in [1.82, 2.24) is 14.5 Å². The maximum Gasteiger partial charge on any atom is 0.408 e. The van der Waals surface area contributed by atoms with E-state index in [2.05, 4.69) is 4.98 Å². The number of carboxylic acid groups (broad SMARTS) is 1. The van der Waals surface area contributed by atoms with Gasteiger partial charge in [0.2, 0.25) is 5.91 Å². The third-order valence-corrected chi connectivity index (χ3v) is 5.16. The molecule has 2 aromatic carbocycles. The molecule has 3 aromatic rings. The molecular formula is C23H22FN5O4. The lowest BCUT2D eigenvalue weighted by molar-refractivity contribution is 0.0719. The SMILES string of the molecule is CC(c1nc2c(C#N)cc(F)cc2c(=O)n1-c1cccc(C(N)=O)c1)N(C(=O)O)C(C)(C)C. The van der Waals surface area contributed by atoms with E-state index in [4.69, 9.17) is 5.73 Å². The molecule has 9 nitrogen and oxygen atoms in total. The van der Waals surface area contributed by atoms with Gasteiger partial charge in [-0.1, -0.05) is 6.07 Å². The van der Waals surface area contributed by atoms with Gasteiger partial charge in [0.05, 0.1) is 28.2 Å². The highest BCUT2D eigenvalue weighted by atomic mass is 19.1. The fraction of sp³-hybridized carbons (Fsp3) is 0.261. The number of benzene rings is 2. The Hall–Kier alpha value is -4.26. The van der Waals surface area contributed by atoms with Gasteiger partial charge in [0.15, 0.2) is 0 Å². The Bertz CT molecular complexity index is 1380. The third kappa shape index (κ3) is 4.25. The van der Waals surface area contributed by atoms with Crippen LogP contribution >= 0.6 is 0 Å². The van der Waals surface area contributed by atoms with Crippen LogP contribution in [-0.4, -0.2) is 37.1 Å². The molecule has 170 valence electrons. The number of nitrogens with two attached hydrogens (primary N) is 1. The van der Waals surface area contributed by atoms with Crippen LogP contribution in [0.4, 0.5) is 9.18 Å². The number of nitrogens with zero attached hydrogens (tertiary/aromatic N) is 4. The highest BCUT2D eigenvalue weighted by Gasteiger charge is 2.35. The van der Waals surface area contributed by atoms with Gasteiger partial charge in [-0.3, -0.25) is 19.1 Å². The molecule has 0 aliphatic heterocycles. The van der Waals surface area contributed by atoms with Crippen LogP contribution in [0, 0.1) is 17.1 Å². The summed E-state index contributed by atoms with van der Waals surface area (Å²) < 4.78 is 15.3. The van der Waals surface area contributed by atoms with E-state index in [9.17, 15) is 29.1 Å². The third-order valence-electron chi connectivity index (χ3n) is 5.16. The van der Waals surface area contributed by atoms with Crippen molar-refractivity contribution < 1.29 is 19.1 Å². The van der Waals surface area contributed by atoms with E-state index in [1.54, 1.807) is 27.7 Å². The van der Waals surface area contributed by atoms with Gasteiger partial charge in [0.25, 0.3) is 5.56 Å². The van der Waals surface area contributed by atoms with Crippen LogP contribution in [0.2, 0.25) is 0 Å². The first-order valence-electron chi connectivity index (χ1n) is 9.95. The Morgan fingerprint density at radius 3 is 2.48 bits per heavy atom. The lowest BCUT2D eigenvalue weighted by Crippen LogP contribution is -2.47. The summed E-state index contributed by atoms with van der Waals surface area (Å²) in [4.78, 5) is 43.0. The number of aromatic nitrogens is 2. The minimum Gasteiger partial charge on any atom is -0.465 e. The average molecular weight is 451 g/mol.